The monoisotopic (exact) mass is 203 g/mol. The molecule has 0 N–H and O–H groups in total. The normalized spacial score (nSPS) is 11.7. The maximum Gasteiger partial charge on any atom is 0.102 e. The van der Waals surface area contributed by atoms with Gasteiger partial charge in [-0.05, 0) is 24.6 Å². The summed E-state index contributed by atoms with van der Waals surface area (Å²) in [4.78, 5) is 0. The average Bonchev–Trinajstić information content (AvgIpc) is 2.18. The lowest BCUT2D eigenvalue weighted by molar-refractivity contribution is 0.284. The molecule has 0 saturated heterocycles. The maximum atomic E-state index is 12.5. The molecule has 0 saturated carbocycles. The van der Waals surface area contributed by atoms with E-state index in [0.717, 1.165) is 0 Å². The van der Waals surface area contributed by atoms with Crippen molar-refractivity contribution >= 4 is 11.6 Å². The van der Waals surface area contributed by atoms with Gasteiger partial charge in [0.1, 0.15) is 13.3 Å². The van der Waals surface area contributed by atoms with Gasteiger partial charge in [0, 0.05) is 5.02 Å². The van der Waals surface area contributed by atoms with E-state index in [2.05, 4.69) is 6.92 Å². The van der Waals surface area contributed by atoms with Crippen molar-refractivity contribution in [3.05, 3.63) is 41.8 Å². The minimum absolute atomic E-state index is 0.530. The summed E-state index contributed by atoms with van der Waals surface area (Å²) >= 11 is 5.64. The standard InChI is InChI=1S/C10H10ClF2/c1-10(6-12,7-13)8-2-4-9(11)5-3-8/h2-5H,1,6-7H2. The minimum atomic E-state index is -1.27. The Hall–Kier alpha value is -0.630. The van der Waals surface area contributed by atoms with Gasteiger partial charge in [0.25, 0.3) is 0 Å². The predicted molar refractivity (Wildman–Crippen MR) is 50.4 cm³/mol. The Kier molecular flexibility index (Phi) is 3.26. The Morgan fingerprint density at radius 2 is 1.62 bits per heavy atom. The van der Waals surface area contributed by atoms with Crippen LogP contribution in [0.15, 0.2) is 24.3 Å². The Morgan fingerprint density at radius 1 is 1.15 bits per heavy atom. The molecule has 0 nitrogen and oxygen atoms in total. The van der Waals surface area contributed by atoms with Gasteiger partial charge in [-0.25, -0.2) is 0 Å². The number of hydrogen-bond donors (Lipinski definition) is 0. The van der Waals surface area contributed by atoms with E-state index in [4.69, 9.17) is 11.6 Å². The lowest BCUT2D eigenvalue weighted by Crippen LogP contribution is -2.27. The molecule has 0 unspecified atom stereocenters. The summed E-state index contributed by atoms with van der Waals surface area (Å²) in [5.74, 6) is 0. The number of rotatable bonds is 3. The van der Waals surface area contributed by atoms with Crippen molar-refractivity contribution in [1.29, 1.82) is 0 Å². The van der Waals surface area contributed by atoms with E-state index in [1.54, 1.807) is 24.3 Å². The molecule has 13 heavy (non-hydrogen) atoms. The van der Waals surface area contributed by atoms with E-state index in [9.17, 15) is 8.78 Å². The molecule has 1 rings (SSSR count). The highest BCUT2D eigenvalue weighted by molar-refractivity contribution is 6.30. The molecule has 0 aromatic heterocycles. The summed E-state index contributed by atoms with van der Waals surface area (Å²) in [6.07, 6.45) is 0. The summed E-state index contributed by atoms with van der Waals surface area (Å²) in [5.41, 5.74) is -0.744. The number of halogens is 3. The van der Waals surface area contributed by atoms with Crippen molar-refractivity contribution in [3.63, 3.8) is 0 Å². The topological polar surface area (TPSA) is 0 Å². The van der Waals surface area contributed by atoms with Gasteiger partial charge >= 0.3 is 0 Å². The van der Waals surface area contributed by atoms with Gasteiger partial charge in [-0.15, -0.1) is 0 Å². The molecule has 1 aromatic rings. The zero-order chi connectivity index (χ0) is 9.90. The van der Waals surface area contributed by atoms with Gasteiger partial charge in [-0.1, -0.05) is 23.7 Å². The molecule has 0 aliphatic rings. The lowest BCUT2D eigenvalue weighted by atomic mass is 9.85. The van der Waals surface area contributed by atoms with Gasteiger partial charge in [-0.3, -0.25) is 8.78 Å². The molecule has 71 valence electrons. The molecule has 1 radical (unpaired) electrons. The summed E-state index contributed by atoms with van der Waals surface area (Å²) in [7, 11) is 0. The predicted octanol–water partition coefficient (Wildman–Crippen LogP) is 3.35. The number of alkyl halides is 2. The largest absolute Gasteiger partial charge is 0.250 e. The molecule has 0 heterocycles. The van der Waals surface area contributed by atoms with E-state index < -0.39 is 18.8 Å². The molecule has 0 fully saturated rings. The first-order valence-electron chi connectivity index (χ1n) is 3.86. The van der Waals surface area contributed by atoms with Crippen molar-refractivity contribution in [2.45, 2.75) is 5.41 Å². The van der Waals surface area contributed by atoms with Crippen molar-refractivity contribution in [1.82, 2.24) is 0 Å². The molecule has 0 atom stereocenters. The van der Waals surface area contributed by atoms with Gasteiger partial charge in [0.15, 0.2) is 0 Å². The van der Waals surface area contributed by atoms with Crippen LogP contribution in [0.1, 0.15) is 5.56 Å². The number of hydrogen-bond acceptors (Lipinski definition) is 0. The Labute approximate surface area is 81.5 Å². The van der Waals surface area contributed by atoms with Crippen LogP contribution in [-0.2, 0) is 5.41 Å². The van der Waals surface area contributed by atoms with Crippen LogP contribution in [0.3, 0.4) is 0 Å². The number of benzene rings is 1. The SMILES string of the molecule is [CH2]C(CF)(CF)c1ccc(Cl)cc1. The molecule has 0 spiro atoms. The molecular weight excluding hydrogens is 194 g/mol. The first-order chi connectivity index (χ1) is 6.12. The summed E-state index contributed by atoms with van der Waals surface area (Å²) in [6, 6.07) is 6.38. The second kappa shape index (κ2) is 4.05. The maximum absolute atomic E-state index is 12.5. The van der Waals surface area contributed by atoms with E-state index in [1.807, 2.05) is 0 Å². The second-order valence-corrected chi connectivity index (χ2v) is 3.49. The van der Waals surface area contributed by atoms with Crippen molar-refractivity contribution in [2.24, 2.45) is 0 Å². The van der Waals surface area contributed by atoms with Crippen LogP contribution in [0.2, 0.25) is 5.02 Å². The van der Waals surface area contributed by atoms with Crippen LogP contribution in [-0.4, -0.2) is 13.3 Å². The van der Waals surface area contributed by atoms with Gasteiger partial charge in [0.05, 0.1) is 5.41 Å². The van der Waals surface area contributed by atoms with Crippen molar-refractivity contribution < 1.29 is 8.78 Å². The minimum Gasteiger partial charge on any atom is -0.250 e. The molecule has 0 amide bonds. The van der Waals surface area contributed by atoms with Crippen LogP contribution >= 0.6 is 11.6 Å². The van der Waals surface area contributed by atoms with Crippen molar-refractivity contribution in [2.75, 3.05) is 13.3 Å². The van der Waals surface area contributed by atoms with Crippen LogP contribution in [0.4, 0.5) is 8.78 Å². The van der Waals surface area contributed by atoms with Crippen LogP contribution in [0.25, 0.3) is 0 Å². The van der Waals surface area contributed by atoms with Gasteiger partial charge in [0.2, 0.25) is 0 Å². The fourth-order valence-electron chi connectivity index (χ4n) is 0.993. The van der Waals surface area contributed by atoms with Gasteiger partial charge in [-0.2, -0.15) is 0 Å². The Morgan fingerprint density at radius 3 is 2.00 bits per heavy atom. The average molecular weight is 204 g/mol. The smallest absolute Gasteiger partial charge is 0.102 e. The highest BCUT2D eigenvalue weighted by Gasteiger charge is 2.26. The van der Waals surface area contributed by atoms with Crippen LogP contribution in [0, 0.1) is 6.92 Å². The zero-order valence-electron chi connectivity index (χ0n) is 7.06. The van der Waals surface area contributed by atoms with Gasteiger partial charge < -0.3 is 0 Å². The highest BCUT2D eigenvalue weighted by atomic mass is 35.5. The van der Waals surface area contributed by atoms with E-state index in [-0.39, 0.29) is 0 Å². The summed E-state index contributed by atoms with van der Waals surface area (Å²) in [5, 5.41) is 0.545. The molecule has 3 heteroatoms. The third-order valence-corrected chi connectivity index (χ3v) is 2.22. The van der Waals surface area contributed by atoms with Crippen LogP contribution in [0.5, 0.6) is 0 Å². The third kappa shape index (κ3) is 2.19. The van der Waals surface area contributed by atoms with E-state index >= 15 is 0 Å². The fourth-order valence-corrected chi connectivity index (χ4v) is 1.12. The zero-order valence-corrected chi connectivity index (χ0v) is 7.82. The second-order valence-electron chi connectivity index (χ2n) is 3.05. The molecule has 1 aromatic carbocycles. The van der Waals surface area contributed by atoms with Crippen molar-refractivity contribution in [3.8, 4) is 0 Å². The molecule has 0 aliphatic carbocycles. The first-order valence-corrected chi connectivity index (χ1v) is 4.23. The van der Waals surface area contributed by atoms with E-state index in [1.165, 1.54) is 0 Å². The Bertz CT molecular complexity index is 265. The third-order valence-electron chi connectivity index (χ3n) is 1.97. The molecule has 0 aliphatic heterocycles. The van der Waals surface area contributed by atoms with E-state index in [0.29, 0.717) is 10.6 Å². The molecule has 0 bridgehead atoms. The quantitative estimate of drug-likeness (QED) is 0.707. The highest BCUT2D eigenvalue weighted by Crippen LogP contribution is 2.25. The lowest BCUT2D eigenvalue weighted by Gasteiger charge is -2.22. The Balaban J connectivity index is 2.99. The fraction of sp³-hybridized carbons (Fsp3) is 0.300. The summed E-state index contributed by atoms with van der Waals surface area (Å²) in [6.45, 7) is 1.88. The van der Waals surface area contributed by atoms with Crippen LogP contribution < -0.4 is 0 Å². The summed E-state index contributed by atoms with van der Waals surface area (Å²) < 4.78 is 25.0. The molecular formula is C10H10ClF2. The first kappa shape index (κ1) is 10.5.